The zero-order chi connectivity index (χ0) is 13.5. The van der Waals surface area contributed by atoms with Crippen molar-refractivity contribution in [2.24, 2.45) is 17.8 Å². The van der Waals surface area contributed by atoms with Gasteiger partial charge in [-0.15, -0.1) is 0 Å². The van der Waals surface area contributed by atoms with E-state index in [1.807, 2.05) is 0 Å². The highest BCUT2D eigenvalue weighted by Crippen LogP contribution is 2.48. The lowest BCUT2D eigenvalue weighted by molar-refractivity contribution is 0.348. The topological polar surface area (TPSA) is 24.9 Å². The number of fused-ring (bicyclic) bond motifs is 3. The van der Waals surface area contributed by atoms with E-state index in [0.29, 0.717) is 0 Å². The highest BCUT2D eigenvalue weighted by Gasteiger charge is 2.39. The summed E-state index contributed by atoms with van der Waals surface area (Å²) in [7, 11) is 0. The summed E-state index contributed by atoms with van der Waals surface area (Å²) in [6.07, 6.45) is 5.88. The summed E-state index contributed by atoms with van der Waals surface area (Å²) in [5.74, 6) is 2.91. The van der Waals surface area contributed by atoms with Crippen molar-refractivity contribution in [3.63, 3.8) is 0 Å². The minimum Gasteiger partial charge on any atom is -0.384 e. The van der Waals surface area contributed by atoms with Gasteiger partial charge in [-0.2, -0.15) is 0 Å². The van der Waals surface area contributed by atoms with Gasteiger partial charge in [0.1, 0.15) is 0 Å². The van der Waals surface area contributed by atoms with Gasteiger partial charge in [-0.1, -0.05) is 24.6 Å². The molecule has 0 aliphatic heterocycles. The molecule has 2 aliphatic rings. The second kappa shape index (κ2) is 4.76. The Hall–Kier alpha value is -1.57. The summed E-state index contributed by atoms with van der Waals surface area (Å²) in [6.45, 7) is 3.21. The Balaban J connectivity index is 1.56. The van der Waals surface area contributed by atoms with Crippen molar-refractivity contribution in [1.29, 1.82) is 0 Å². The van der Waals surface area contributed by atoms with E-state index in [-0.39, 0.29) is 0 Å². The average molecular weight is 266 g/mol. The van der Waals surface area contributed by atoms with Crippen LogP contribution < -0.4 is 5.32 Å². The first-order chi connectivity index (χ1) is 9.79. The van der Waals surface area contributed by atoms with Gasteiger partial charge in [0.05, 0.1) is 5.52 Å². The summed E-state index contributed by atoms with van der Waals surface area (Å²) in [5, 5.41) is 4.97. The van der Waals surface area contributed by atoms with E-state index < -0.39 is 0 Å². The van der Waals surface area contributed by atoms with Crippen molar-refractivity contribution in [3.8, 4) is 0 Å². The lowest BCUT2D eigenvalue weighted by Gasteiger charge is -2.23. The lowest BCUT2D eigenvalue weighted by Crippen LogP contribution is -2.20. The Kier molecular flexibility index (Phi) is 2.90. The van der Waals surface area contributed by atoms with Crippen molar-refractivity contribution in [2.75, 3.05) is 11.9 Å². The van der Waals surface area contributed by atoms with Crippen molar-refractivity contribution in [1.82, 2.24) is 4.98 Å². The van der Waals surface area contributed by atoms with E-state index in [4.69, 9.17) is 0 Å². The Morgan fingerprint density at radius 2 is 2.10 bits per heavy atom. The molecule has 0 radical (unpaired) electrons. The summed E-state index contributed by atoms with van der Waals surface area (Å²) in [4.78, 5) is 4.61. The second-order valence-corrected chi connectivity index (χ2v) is 6.64. The highest BCUT2D eigenvalue weighted by atomic mass is 14.9. The molecule has 1 heterocycles. The highest BCUT2D eigenvalue weighted by molar-refractivity contribution is 5.91. The van der Waals surface area contributed by atoms with E-state index in [9.17, 15) is 0 Å². The minimum atomic E-state index is 0.890. The number of rotatable bonds is 3. The van der Waals surface area contributed by atoms with Crippen molar-refractivity contribution in [2.45, 2.75) is 32.6 Å². The van der Waals surface area contributed by atoms with Crippen LogP contribution >= 0.6 is 0 Å². The molecule has 2 aromatic rings. The predicted octanol–water partition coefficient (Wildman–Crippen LogP) is 4.39. The van der Waals surface area contributed by atoms with Gasteiger partial charge in [-0.05, 0) is 56.1 Å². The minimum absolute atomic E-state index is 0.890. The average Bonchev–Trinajstić information content (AvgIpc) is 3.07. The number of nitrogens with one attached hydrogen (secondary N) is 1. The van der Waals surface area contributed by atoms with Crippen LogP contribution in [0, 0.1) is 24.7 Å². The van der Waals surface area contributed by atoms with E-state index in [2.05, 4.69) is 47.6 Å². The molecule has 0 amide bonds. The second-order valence-electron chi connectivity index (χ2n) is 6.64. The largest absolute Gasteiger partial charge is 0.384 e. The first-order valence-corrected chi connectivity index (χ1v) is 7.90. The third-order valence-electron chi connectivity index (χ3n) is 5.28. The molecule has 0 saturated heterocycles. The van der Waals surface area contributed by atoms with Gasteiger partial charge >= 0.3 is 0 Å². The van der Waals surface area contributed by atoms with Crippen LogP contribution in [0.4, 0.5) is 5.69 Å². The molecule has 104 valence electrons. The summed E-state index contributed by atoms with van der Waals surface area (Å²) >= 11 is 0. The quantitative estimate of drug-likeness (QED) is 0.891. The molecule has 20 heavy (non-hydrogen) atoms. The fourth-order valence-corrected chi connectivity index (χ4v) is 4.32. The standard InChI is InChI=1S/C18H22N2/c1-12-8-18(16-4-2-3-5-17(16)20-12)19-11-15-10-13-6-7-14(15)9-13/h2-5,8,13-15H,6-7,9-11H2,1H3,(H,19,20). The molecule has 3 unspecified atom stereocenters. The van der Waals surface area contributed by atoms with Gasteiger partial charge in [0, 0.05) is 23.3 Å². The van der Waals surface area contributed by atoms with Gasteiger partial charge in [0.15, 0.2) is 0 Å². The number of aryl methyl sites for hydroxylation is 1. The Labute approximate surface area is 120 Å². The van der Waals surface area contributed by atoms with Gasteiger partial charge in [0.2, 0.25) is 0 Å². The SMILES string of the molecule is Cc1cc(NCC2CC3CCC2C3)c2ccccc2n1. The molecule has 1 aromatic carbocycles. The number of hydrogen-bond donors (Lipinski definition) is 1. The zero-order valence-electron chi connectivity index (χ0n) is 12.1. The van der Waals surface area contributed by atoms with Crippen molar-refractivity contribution < 1.29 is 0 Å². The molecule has 2 nitrogen and oxygen atoms in total. The number of hydrogen-bond acceptors (Lipinski definition) is 2. The van der Waals surface area contributed by atoms with Gasteiger partial charge < -0.3 is 5.32 Å². The molecular formula is C18H22N2. The number of pyridine rings is 1. The van der Waals surface area contributed by atoms with E-state index in [1.54, 1.807) is 0 Å². The fraction of sp³-hybridized carbons (Fsp3) is 0.500. The molecule has 2 bridgehead atoms. The van der Waals surface area contributed by atoms with Crippen molar-refractivity contribution in [3.05, 3.63) is 36.0 Å². The number of anilines is 1. The summed E-state index contributed by atoms with van der Waals surface area (Å²) in [5.41, 5.74) is 3.46. The van der Waals surface area contributed by atoms with Crippen LogP contribution in [0.25, 0.3) is 10.9 Å². The number of para-hydroxylation sites is 1. The lowest BCUT2D eigenvalue weighted by atomic mass is 9.89. The maximum absolute atomic E-state index is 4.61. The number of nitrogens with zero attached hydrogens (tertiary/aromatic N) is 1. The molecule has 1 N–H and O–H groups in total. The van der Waals surface area contributed by atoms with E-state index in [0.717, 1.165) is 35.5 Å². The van der Waals surface area contributed by atoms with Crippen LogP contribution in [-0.4, -0.2) is 11.5 Å². The van der Waals surface area contributed by atoms with Gasteiger partial charge in [0.25, 0.3) is 0 Å². The van der Waals surface area contributed by atoms with Crippen molar-refractivity contribution >= 4 is 16.6 Å². The molecule has 2 heteroatoms. The molecule has 2 saturated carbocycles. The fourth-order valence-electron chi connectivity index (χ4n) is 4.32. The first-order valence-electron chi connectivity index (χ1n) is 7.90. The number of benzene rings is 1. The summed E-state index contributed by atoms with van der Waals surface area (Å²) in [6, 6.07) is 10.6. The van der Waals surface area contributed by atoms with Crippen LogP contribution in [-0.2, 0) is 0 Å². The Bertz CT molecular complexity index is 634. The maximum Gasteiger partial charge on any atom is 0.0725 e. The van der Waals surface area contributed by atoms with Crippen LogP contribution in [0.3, 0.4) is 0 Å². The smallest absolute Gasteiger partial charge is 0.0725 e. The molecule has 1 aromatic heterocycles. The molecule has 2 aliphatic carbocycles. The maximum atomic E-state index is 4.61. The number of aromatic nitrogens is 1. The van der Waals surface area contributed by atoms with E-state index in [1.165, 1.54) is 36.8 Å². The van der Waals surface area contributed by atoms with Crippen LogP contribution in [0.1, 0.15) is 31.4 Å². The molecule has 2 fully saturated rings. The third kappa shape index (κ3) is 2.07. The van der Waals surface area contributed by atoms with Gasteiger partial charge in [-0.3, -0.25) is 4.98 Å². The Morgan fingerprint density at radius 1 is 1.20 bits per heavy atom. The molecular weight excluding hydrogens is 244 g/mol. The third-order valence-corrected chi connectivity index (χ3v) is 5.28. The normalized spacial score (nSPS) is 28.1. The van der Waals surface area contributed by atoms with Gasteiger partial charge in [-0.25, -0.2) is 0 Å². The summed E-state index contributed by atoms with van der Waals surface area (Å²) < 4.78 is 0. The molecule has 4 rings (SSSR count). The Morgan fingerprint density at radius 3 is 2.90 bits per heavy atom. The van der Waals surface area contributed by atoms with Crippen LogP contribution in [0.15, 0.2) is 30.3 Å². The van der Waals surface area contributed by atoms with Crippen LogP contribution in [0.5, 0.6) is 0 Å². The molecule has 3 atom stereocenters. The van der Waals surface area contributed by atoms with E-state index >= 15 is 0 Å². The monoisotopic (exact) mass is 266 g/mol. The first kappa shape index (κ1) is 12.2. The predicted molar refractivity (Wildman–Crippen MR) is 83.9 cm³/mol. The zero-order valence-corrected chi connectivity index (χ0v) is 12.1. The molecule has 0 spiro atoms. The van der Waals surface area contributed by atoms with Crippen LogP contribution in [0.2, 0.25) is 0 Å².